The third kappa shape index (κ3) is 3.58. The third-order valence-electron chi connectivity index (χ3n) is 4.04. The molecule has 0 bridgehead atoms. The second kappa shape index (κ2) is 7.17. The van der Waals surface area contributed by atoms with Gasteiger partial charge in [-0.1, -0.05) is 12.1 Å². The minimum Gasteiger partial charge on any atom is -0.497 e. The number of rotatable bonds is 5. The number of nitrogens with zero attached hydrogens (tertiary/aromatic N) is 3. The van der Waals surface area contributed by atoms with Gasteiger partial charge in [0.25, 0.3) is 0 Å². The maximum absolute atomic E-state index is 8.86. The quantitative estimate of drug-likeness (QED) is 0.371. The largest absolute Gasteiger partial charge is 0.497 e. The molecule has 116 valence electrons. The van der Waals surface area contributed by atoms with Crippen LogP contribution in [0.1, 0.15) is 13.3 Å². The summed E-state index contributed by atoms with van der Waals surface area (Å²) in [5, 5.41) is 12.0. The molecule has 1 saturated heterocycles. The Morgan fingerprint density at radius 2 is 1.90 bits per heavy atom. The Kier molecular flexibility index (Phi) is 5.27. The van der Waals surface area contributed by atoms with Crippen molar-refractivity contribution in [3.8, 4) is 5.75 Å². The van der Waals surface area contributed by atoms with Crippen molar-refractivity contribution in [2.75, 3.05) is 38.2 Å². The summed E-state index contributed by atoms with van der Waals surface area (Å²) in [7, 11) is 1.67. The number of methoxy groups -OCH3 is 1. The SMILES string of the molecule is CCC(C(N)=NO)N1CCN(c2ccc(OC)cc2)CC1. The first-order valence-electron chi connectivity index (χ1n) is 7.30. The van der Waals surface area contributed by atoms with E-state index in [1.54, 1.807) is 7.11 Å². The first-order valence-corrected chi connectivity index (χ1v) is 7.30. The van der Waals surface area contributed by atoms with Crippen LogP contribution in [0, 0.1) is 0 Å². The lowest BCUT2D eigenvalue weighted by molar-refractivity contribution is 0.216. The molecule has 0 spiro atoms. The van der Waals surface area contributed by atoms with Crippen LogP contribution in [0.3, 0.4) is 0 Å². The molecule has 6 heteroatoms. The van der Waals surface area contributed by atoms with E-state index in [1.165, 1.54) is 5.69 Å². The second-order valence-electron chi connectivity index (χ2n) is 5.17. The normalized spacial score (nSPS) is 18.6. The van der Waals surface area contributed by atoms with Gasteiger partial charge in [-0.05, 0) is 30.7 Å². The number of oxime groups is 1. The van der Waals surface area contributed by atoms with E-state index in [9.17, 15) is 0 Å². The molecule has 1 fully saturated rings. The van der Waals surface area contributed by atoms with Crippen LogP contribution in [0.4, 0.5) is 5.69 Å². The van der Waals surface area contributed by atoms with Gasteiger partial charge in [-0.2, -0.15) is 0 Å². The summed E-state index contributed by atoms with van der Waals surface area (Å²) in [5.41, 5.74) is 6.97. The lowest BCUT2D eigenvalue weighted by Gasteiger charge is -2.39. The van der Waals surface area contributed by atoms with E-state index in [0.717, 1.165) is 38.3 Å². The number of hydrogen-bond donors (Lipinski definition) is 2. The van der Waals surface area contributed by atoms with Crippen LogP contribution in [-0.2, 0) is 0 Å². The van der Waals surface area contributed by atoms with Crippen LogP contribution in [0.25, 0.3) is 0 Å². The highest BCUT2D eigenvalue weighted by atomic mass is 16.5. The smallest absolute Gasteiger partial charge is 0.156 e. The Morgan fingerprint density at radius 1 is 1.29 bits per heavy atom. The van der Waals surface area contributed by atoms with E-state index >= 15 is 0 Å². The molecule has 1 aromatic carbocycles. The Hall–Kier alpha value is -1.95. The van der Waals surface area contributed by atoms with Crippen LogP contribution < -0.4 is 15.4 Å². The molecule has 21 heavy (non-hydrogen) atoms. The van der Waals surface area contributed by atoms with Crippen molar-refractivity contribution in [2.45, 2.75) is 19.4 Å². The van der Waals surface area contributed by atoms with Gasteiger partial charge in [0, 0.05) is 31.9 Å². The number of hydrogen-bond acceptors (Lipinski definition) is 5. The fraction of sp³-hybridized carbons (Fsp3) is 0.533. The zero-order chi connectivity index (χ0) is 15.2. The molecule has 1 atom stereocenters. The average molecular weight is 292 g/mol. The number of piperazine rings is 1. The molecule has 0 saturated carbocycles. The standard InChI is InChI=1S/C15H24N4O2/c1-3-14(15(16)17-20)19-10-8-18(9-11-19)12-4-6-13(21-2)7-5-12/h4-7,14,20H,3,8-11H2,1-2H3,(H2,16,17). The minimum absolute atomic E-state index is 0.0213. The van der Waals surface area contributed by atoms with Gasteiger partial charge >= 0.3 is 0 Å². The number of anilines is 1. The highest BCUT2D eigenvalue weighted by Crippen LogP contribution is 2.21. The van der Waals surface area contributed by atoms with Gasteiger partial charge in [0.15, 0.2) is 5.84 Å². The summed E-state index contributed by atoms with van der Waals surface area (Å²) < 4.78 is 5.18. The monoisotopic (exact) mass is 292 g/mol. The van der Waals surface area contributed by atoms with Crippen LogP contribution >= 0.6 is 0 Å². The highest BCUT2D eigenvalue weighted by Gasteiger charge is 2.25. The fourth-order valence-electron chi connectivity index (χ4n) is 2.81. The van der Waals surface area contributed by atoms with Crippen LogP contribution in [-0.4, -0.2) is 55.3 Å². The first-order chi connectivity index (χ1) is 10.2. The van der Waals surface area contributed by atoms with Crippen molar-refractivity contribution < 1.29 is 9.94 Å². The Balaban J connectivity index is 1.96. The van der Waals surface area contributed by atoms with Crippen molar-refractivity contribution >= 4 is 11.5 Å². The number of amidine groups is 1. The van der Waals surface area contributed by atoms with E-state index in [0.29, 0.717) is 5.84 Å². The molecule has 0 radical (unpaired) electrons. The summed E-state index contributed by atoms with van der Waals surface area (Å²) in [5.74, 6) is 1.17. The van der Waals surface area contributed by atoms with Crippen molar-refractivity contribution in [3.63, 3.8) is 0 Å². The summed E-state index contributed by atoms with van der Waals surface area (Å²) in [6.45, 7) is 5.73. The predicted molar refractivity (Wildman–Crippen MR) is 84.3 cm³/mol. The van der Waals surface area contributed by atoms with Crippen molar-refractivity contribution in [2.24, 2.45) is 10.9 Å². The maximum atomic E-state index is 8.86. The summed E-state index contributed by atoms with van der Waals surface area (Å²) in [6, 6.07) is 8.14. The topological polar surface area (TPSA) is 74.3 Å². The maximum Gasteiger partial charge on any atom is 0.156 e. The highest BCUT2D eigenvalue weighted by molar-refractivity contribution is 5.85. The Morgan fingerprint density at radius 3 is 2.38 bits per heavy atom. The van der Waals surface area contributed by atoms with E-state index < -0.39 is 0 Å². The van der Waals surface area contributed by atoms with E-state index in [1.807, 2.05) is 12.1 Å². The Bertz CT molecular complexity index is 467. The van der Waals surface area contributed by atoms with Crippen LogP contribution in [0.15, 0.2) is 29.4 Å². The molecule has 1 aliphatic heterocycles. The van der Waals surface area contributed by atoms with Crippen molar-refractivity contribution in [1.82, 2.24) is 4.90 Å². The van der Waals surface area contributed by atoms with Gasteiger partial charge in [-0.25, -0.2) is 0 Å². The van der Waals surface area contributed by atoms with E-state index in [-0.39, 0.29) is 6.04 Å². The zero-order valence-electron chi connectivity index (χ0n) is 12.7. The predicted octanol–water partition coefficient (Wildman–Crippen LogP) is 1.34. The van der Waals surface area contributed by atoms with Crippen LogP contribution in [0.2, 0.25) is 0 Å². The van der Waals surface area contributed by atoms with Gasteiger partial charge in [0.2, 0.25) is 0 Å². The minimum atomic E-state index is 0.0213. The van der Waals surface area contributed by atoms with Gasteiger partial charge in [0.1, 0.15) is 5.75 Å². The summed E-state index contributed by atoms with van der Waals surface area (Å²) >= 11 is 0. The third-order valence-corrected chi connectivity index (χ3v) is 4.04. The molecule has 0 aliphatic carbocycles. The average Bonchev–Trinajstić information content (AvgIpc) is 2.56. The molecule has 0 amide bonds. The van der Waals surface area contributed by atoms with Crippen molar-refractivity contribution in [1.29, 1.82) is 0 Å². The molecule has 1 aromatic rings. The molecule has 0 aromatic heterocycles. The number of benzene rings is 1. The molecular formula is C15H24N4O2. The van der Waals surface area contributed by atoms with E-state index in [4.69, 9.17) is 15.7 Å². The van der Waals surface area contributed by atoms with Gasteiger partial charge in [-0.3, -0.25) is 4.90 Å². The fourth-order valence-corrected chi connectivity index (χ4v) is 2.81. The summed E-state index contributed by atoms with van der Waals surface area (Å²) in [6.07, 6.45) is 0.846. The van der Waals surface area contributed by atoms with Gasteiger partial charge in [-0.15, -0.1) is 0 Å². The lowest BCUT2D eigenvalue weighted by Crippen LogP contribution is -2.54. The second-order valence-corrected chi connectivity index (χ2v) is 5.17. The molecule has 3 N–H and O–H groups in total. The number of nitrogens with two attached hydrogens (primary N) is 1. The first kappa shape index (κ1) is 15.4. The summed E-state index contributed by atoms with van der Waals surface area (Å²) in [4.78, 5) is 4.62. The molecule has 1 unspecified atom stereocenters. The molecule has 6 nitrogen and oxygen atoms in total. The number of ether oxygens (including phenoxy) is 1. The van der Waals surface area contributed by atoms with Gasteiger partial charge < -0.3 is 20.6 Å². The van der Waals surface area contributed by atoms with Gasteiger partial charge in [0.05, 0.1) is 13.2 Å². The molecule has 1 heterocycles. The molecule has 2 rings (SSSR count). The van der Waals surface area contributed by atoms with Crippen molar-refractivity contribution in [3.05, 3.63) is 24.3 Å². The molecular weight excluding hydrogens is 268 g/mol. The zero-order valence-corrected chi connectivity index (χ0v) is 12.7. The lowest BCUT2D eigenvalue weighted by atomic mass is 10.1. The molecule has 1 aliphatic rings. The van der Waals surface area contributed by atoms with Crippen LogP contribution in [0.5, 0.6) is 5.75 Å². The van der Waals surface area contributed by atoms with E-state index in [2.05, 4.69) is 34.0 Å². The Labute approximate surface area is 125 Å².